The van der Waals surface area contributed by atoms with Gasteiger partial charge in [0.2, 0.25) is 0 Å². The van der Waals surface area contributed by atoms with E-state index in [1.807, 2.05) is 0 Å². The van der Waals surface area contributed by atoms with E-state index in [2.05, 4.69) is 19.8 Å². The van der Waals surface area contributed by atoms with Crippen LogP contribution in [0.3, 0.4) is 0 Å². The van der Waals surface area contributed by atoms with Crippen LogP contribution in [0.1, 0.15) is 26.5 Å². The summed E-state index contributed by atoms with van der Waals surface area (Å²) in [6, 6.07) is 1.67. The Labute approximate surface area is 168 Å². The van der Waals surface area contributed by atoms with E-state index >= 15 is 0 Å². The number of carboxylic acid groups (broad SMARTS) is 1. The van der Waals surface area contributed by atoms with Gasteiger partial charge in [0.25, 0.3) is 21.0 Å². The molecule has 1 aliphatic carbocycles. The molecule has 2 aromatic heterocycles. The average molecular weight is 421 g/mol. The van der Waals surface area contributed by atoms with E-state index in [1.54, 1.807) is 45.9 Å². The van der Waals surface area contributed by atoms with Gasteiger partial charge >= 0.3 is 5.97 Å². The number of hydrogen-bond donors (Lipinski definition) is 2. The molecule has 0 radical (unpaired) electrons. The van der Waals surface area contributed by atoms with Crippen LogP contribution >= 0.6 is 0 Å². The molecule has 0 spiro atoms. The van der Waals surface area contributed by atoms with Gasteiger partial charge in [-0.3, -0.25) is 4.79 Å². The van der Waals surface area contributed by atoms with Gasteiger partial charge in [0.05, 0.1) is 11.6 Å². The lowest BCUT2D eigenvalue weighted by Gasteiger charge is -2.44. The highest BCUT2D eigenvalue weighted by Gasteiger charge is 2.52. The summed E-state index contributed by atoms with van der Waals surface area (Å²) in [6.45, 7) is 7.08. The molecule has 2 heterocycles. The zero-order valence-corrected chi connectivity index (χ0v) is 17.3. The van der Waals surface area contributed by atoms with Gasteiger partial charge < -0.3 is 9.84 Å². The lowest BCUT2D eigenvalue weighted by Crippen LogP contribution is -2.63. The van der Waals surface area contributed by atoms with Crippen molar-refractivity contribution < 1.29 is 23.1 Å². The number of sulfonamides is 1. The Bertz CT molecular complexity index is 1110. The molecule has 3 atom stereocenters. The quantitative estimate of drug-likeness (QED) is 0.678. The number of aryl methyl sites for hydroxylation is 1. The van der Waals surface area contributed by atoms with Crippen LogP contribution in [0.25, 0.3) is 5.78 Å². The largest absolute Gasteiger partial charge is 0.481 e. The molecule has 10 nitrogen and oxygen atoms in total. The molecule has 0 bridgehead atoms. The van der Waals surface area contributed by atoms with Gasteiger partial charge in [-0.2, -0.15) is 9.71 Å². The molecule has 0 aromatic carbocycles. The first-order chi connectivity index (χ1) is 13.6. The van der Waals surface area contributed by atoms with E-state index in [9.17, 15) is 18.3 Å². The van der Waals surface area contributed by atoms with Crippen LogP contribution in [-0.2, 0) is 19.6 Å². The van der Waals surface area contributed by atoms with Gasteiger partial charge in [-0.15, -0.1) is 5.10 Å². The maximum Gasteiger partial charge on any atom is 0.312 e. The van der Waals surface area contributed by atoms with Crippen LogP contribution in [0.2, 0.25) is 0 Å². The molecular weight excluding hydrogens is 398 g/mol. The summed E-state index contributed by atoms with van der Waals surface area (Å²) in [5.41, 5.74) is -0.383. The highest BCUT2D eigenvalue weighted by atomic mass is 32.2. The number of rotatable bonds is 7. The fourth-order valence-corrected chi connectivity index (χ4v) is 4.96. The summed E-state index contributed by atoms with van der Waals surface area (Å²) in [5.74, 6) is -2.23. The van der Waals surface area contributed by atoms with Crippen molar-refractivity contribution in [3.63, 3.8) is 0 Å². The Kier molecular flexibility index (Phi) is 5.57. The lowest BCUT2D eigenvalue weighted by molar-refractivity contribution is -0.144. The second-order valence-corrected chi connectivity index (χ2v) is 8.39. The lowest BCUT2D eigenvalue weighted by atomic mass is 9.72. The topological polar surface area (TPSA) is 136 Å². The number of hydrogen-bond acceptors (Lipinski definition) is 7. The van der Waals surface area contributed by atoms with Gasteiger partial charge in [0.1, 0.15) is 5.92 Å². The SMILES string of the molecule is CCOC(C)C1(NS(=O)(=O)c2nc3nccc(C)n3n2)C(C)=CC=CC1C(=O)O. The number of allylic oxidation sites excluding steroid dienone is 2. The molecule has 3 rings (SSSR count). The van der Waals surface area contributed by atoms with E-state index in [4.69, 9.17) is 4.74 Å². The smallest absolute Gasteiger partial charge is 0.312 e. The van der Waals surface area contributed by atoms with Crippen LogP contribution < -0.4 is 4.72 Å². The first-order valence-corrected chi connectivity index (χ1v) is 10.5. The average Bonchev–Trinajstić information content (AvgIpc) is 3.10. The fraction of sp³-hybridized carbons (Fsp3) is 0.444. The molecule has 1 aliphatic rings. The van der Waals surface area contributed by atoms with E-state index in [1.165, 1.54) is 16.8 Å². The van der Waals surface area contributed by atoms with Crippen molar-refractivity contribution >= 4 is 21.8 Å². The van der Waals surface area contributed by atoms with Crippen molar-refractivity contribution in [1.82, 2.24) is 24.3 Å². The third-order valence-electron chi connectivity index (χ3n) is 5.07. The molecule has 3 unspecified atom stereocenters. The minimum atomic E-state index is -4.31. The minimum absolute atomic E-state index is 0.128. The van der Waals surface area contributed by atoms with Gasteiger partial charge in [-0.25, -0.2) is 17.9 Å². The van der Waals surface area contributed by atoms with Gasteiger partial charge in [-0.1, -0.05) is 18.2 Å². The van der Waals surface area contributed by atoms with Crippen LogP contribution in [0.4, 0.5) is 0 Å². The third kappa shape index (κ3) is 3.56. The number of fused-ring (bicyclic) bond motifs is 1. The molecule has 2 N–H and O–H groups in total. The van der Waals surface area contributed by atoms with Gasteiger partial charge in [0.15, 0.2) is 0 Å². The number of nitrogens with one attached hydrogen (secondary N) is 1. The number of nitrogens with zero attached hydrogens (tertiary/aromatic N) is 4. The van der Waals surface area contributed by atoms with Crippen molar-refractivity contribution in [3.8, 4) is 0 Å². The molecular formula is C18H23N5O5S. The maximum atomic E-state index is 13.2. The van der Waals surface area contributed by atoms with Crippen molar-refractivity contribution in [2.24, 2.45) is 5.92 Å². The molecule has 0 saturated heterocycles. The van der Waals surface area contributed by atoms with Crippen LogP contribution in [-0.4, -0.2) is 57.3 Å². The van der Waals surface area contributed by atoms with Crippen LogP contribution in [0.5, 0.6) is 0 Å². The predicted octanol–water partition coefficient (Wildman–Crippen LogP) is 1.09. The van der Waals surface area contributed by atoms with Crippen LogP contribution in [0, 0.1) is 12.8 Å². The highest BCUT2D eigenvalue weighted by Crippen LogP contribution is 2.37. The van der Waals surface area contributed by atoms with Crippen molar-refractivity contribution in [2.75, 3.05) is 6.61 Å². The first-order valence-electron chi connectivity index (χ1n) is 9.05. The second-order valence-electron chi connectivity index (χ2n) is 6.81. The number of ether oxygens (including phenoxy) is 1. The monoisotopic (exact) mass is 421 g/mol. The zero-order valence-electron chi connectivity index (χ0n) is 16.5. The maximum absolute atomic E-state index is 13.2. The van der Waals surface area contributed by atoms with E-state index < -0.39 is 38.7 Å². The van der Waals surface area contributed by atoms with Gasteiger partial charge in [0, 0.05) is 18.5 Å². The molecule has 0 saturated carbocycles. The molecule has 11 heteroatoms. The summed E-state index contributed by atoms with van der Waals surface area (Å²) >= 11 is 0. The number of carboxylic acids is 1. The first kappa shape index (κ1) is 21.1. The third-order valence-corrected chi connectivity index (χ3v) is 6.33. The molecule has 156 valence electrons. The molecule has 29 heavy (non-hydrogen) atoms. The second kappa shape index (κ2) is 7.65. The molecule has 0 amide bonds. The van der Waals surface area contributed by atoms with E-state index in [0.717, 1.165) is 0 Å². The van der Waals surface area contributed by atoms with Gasteiger partial charge in [-0.05, 0) is 39.3 Å². The molecule has 0 aliphatic heterocycles. The standard InChI is InChI=1S/C18H23N5O5S/c1-5-28-13(4)18(11(2)7-6-8-14(18)15(24)25)22-29(26,27)17-20-16-19-10-9-12(3)23(16)21-17/h6-10,13-14,22H,5H2,1-4H3,(H,24,25). The summed E-state index contributed by atoms with van der Waals surface area (Å²) in [4.78, 5) is 20.0. The Morgan fingerprint density at radius 2 is 2.17 bits per heavy atom. The zero-order chi connectivity index (χ0) is 21.4. The van der Waals surface area contributed by atoms with Crippen molar-refractivity contribution in [2.45, 2.75) is 44.5 Å². The number of aromatic nitrogens is 4. The summed E-state index contributed by atoms with van der Waals surface area (Å²) in [7, 11) is -4.31. The van der Waals surface area contributed by atoms with E-state index in [-0.39, 0.29) is 12.4 Å². The Balaban J connectivity index is 2.13. The predicted molar refractivity (Wildman–Crippen MR) is 104 cm³/mol. The highest BCUT2D eigenvalue weighted by molar-refractivity contribution is 7.89. The van der Waals surface area contributed by atoms with Crippen molar-refractivity contribution in [3.05, 3.63) is 41.8 Å². The summed E-state index contributed by atoms with van der Waals surface area (Å²) < 4.78 is 36.0. The Hall–Kier alpha value is -2.63. The minimum Gasteiger partial charge on any atom is -0.481 e. The fourth-order valence-electron chi connectivity index (χ4n) is 3.57. The van der Waals surface area contributed by atoms with Crippen molar-refractivity contribution in [1.29, 1.82) is 0 Å². The molecule has 2 aromatic rings. The summed E-state index contributed by atoms with van der Waals surface area (Å²) in [6.07, 6.45) is 5.43. The number of carbonyl (C=O) groups is 1. The van der Waals surface area contributed by atoms with Crippen LogP contribution in [0.15, 0.2) is 41.2 Å². The normalized spacial score (nSPS) is 23.2. The Morgan fingerprint density at radius 3 is 2.79 bits per heavy atom. The number of aliphatic carboxylic acids is 1. The molecule has 0 fully saturated rings. The van der Waals surface area contributed by atoms with E-state index in [0.29, 0.717) is 11.3 Å². The Morgan fingerprint density at radius 1 is 1.45 bits per heavy atom. The summed E-state index contributed by atoms with van der Waals surface area (Å²) in [5, 5.41) is 13.4.